The number of benzene rings is 2. The van der Waals surface area contributed by atoms with Crippen molar-refractivity contribution in [1.29, 1.82) is 0 Å². The molecule has 8 nitrogen and oxygen atoms in total. The van der Waals surface area contributed by atoms with Crippen molar-refractivity contribution in [2.24, 2.45) is 10.7 Å². The normalized spacial score (nSPS) is 15.7. The van der Waals surface area contributed by atoms with Gasteiger partial charge in [-0.05, 0) is 77.4 Å². The standard InChI is InChI=1S/C27H29N7O/c28-15-19(12-22-14-25(29)31-27-26(22)32-34-33-27)17-30-16-18-4-3-6-23(13-18)35-11-10-21-9-8-20-5-1-2-7-24(20)21/h1-7,13-15,17,21H,8-12,16,28H2,(H3,29,31,32,33,34). The summed E-state index contributed by atoms with van der Waals surface area (Å²) in [5, 5.41) is 10.8. The number of rotatable bonds is 9. The molecule has 8 heteroatoms. The van der Waals surface area contributed by atoms with E-state index in [2.05, 4.69) is 49.7 Å². The molecule has 0 saturated heterocycles. The van der Waals surface area contributed by atoms with E-state index in [9.17, 15) is 0 Å². The zero-order chi connectivity index (χ0) is 24.0. The minimum absolute atomic E-state index is 0.392. The van der Waals surface area contributed by atoms with Crippen molar-refractivity contribution in [1.82, 2.24) is 20.4 Å². The Kier molecular flexibility index (Phi) is 6.70. The molecule has 1 aliphatic rings. The van der Waals surface area contributed by atoms with Crippen LogP contribution in [0.15, 0.2) is 71.4 Å². The summed E-state index contributed by atoms with van der Waals surface area (Å²) in [7, 11) is 0. The lowest BCUT2D eigenvalue weighted by Gasteiger charge is -2.13. The summed E-state index contributed by atoms with van der Waals surface area (Å²) in [6, 6.07) is 18.6. The number of H-pyrrole nitrogens is 1. The van der Waals surface area contributed by atoms with Crippen molar-refractivity contribution >= 4 is 23.2 Å². The first kappa shape index (κ1) is 22.6. The summed E-state index contributed by atoms with van der Waals surface area (Å²) >= 11 is 0. The number of aryl methyl sites for hydroxylation is 1. The minimum Gasteiger partial charge on any atom is -0.494 e. The van der Waals surface area contributed by atoms with Gasteiger partial charge in [-0.15, -0.1) is 5.10 Å². The predicted octanol–water partition coefficient (Wildman–Crippen LogP) is 4.09. The molecule has 0 radical (unpaired) electrons. The maximum absolute atomic E-state index is 6.08. The largest absolute Gasteiger partial charge is 0.494 e. The summed E-state index contributed by atoms with van der Waals surface area (Å²) in [6.07, 6.45) is 7.28. The highest BCUT2D eigenvalue weighted by Gasteiger charge is 2.21. The second-order valence-corrected chi connectivity index (χ2v) is 8.81. The van der Waals surface area contributed by atoms with Crippen LogP contribution >= 0.6 is 0 Å². The fraction of sp³-hybridized carbons (Fsp3) is 0.259. The molecule has 1 atom stereocenters. The molecular formula is C27H29N7O. The summed E-state index contributed by atoms with van der Waals surface area (Å²) in [4.78, 5) is 8.76. The Labute approximate surface area is 204 Å². The fourth-order valence-electron chi connectivity index (χ4n) is 4.69. The molecule has 4 aromatic rings. The third-order valence-electron chi connectivity index (χ3n) is 6.42. The number of ether oxygens (including phenoxy) is 1. The van der Waals surface area contributed by atoms with E-state index in [1.54, 1.807) is 18.5 Å². The zero-order valence-electron chi connectivity index (χ0n) is 19.5. The molecule has 2 aromatic heterocycles. The highest BCUT2D eigenvalue weighted by atomic mass is 16.5. The van der Waals surface area contributed by atoms with Crippen LogP contribution < -0.4 is 16.2 Å². The van der Waals surface area contributed by atoms with Crippen molar-refractivity contribution in [3.8, 4) is 5.75 Å². The minimum atomic E-state index is 0.392. The summed E-state index contributed by atoms with van der Waals surface area (Å²) in [6.45, 7) is 1.24. The monoisotopic (exact) mass is 467 g/mol. The number of nitrogen functional groups attached to an aromatic ring is 1. The van der Waals surface area contributed by atoms with E-state index in [1.165, 1.54) is 24.0 Å². The maximum Gasteiger partial charge on any atom is 0.203 e. The van der Waals surface area contributed by atoms with Gasteiger partial charge in [0.05, 0.1) is 13.2 Å². The van der Waals surface area contributed by atoms with Gasteiger partial charge in [-0.25, -0.2) is 4.98 Å². The Morgan fingerprint density at radius 1 is 1.14 bits per heavy atom. The van der Waals surface area contributed by atoms with Crippen molar-refractivity contribution in [3.05, 3.63) is 88.6 Å². The molecule has 2 aromatic carbocycles. The van der Waals surface area contributed by atoms with Gasteiger partial charge in [0.1, 0.15) is 17.1 Å². The van der Waals surface area contributed by atoms with E-state index in [-0.39, 0.29) is 0 Å². The highest BCUT2D eigenvalue weighted by molar-refractivity contribution is 5.82. The third kappa shape index (κ3) is 5.32. The van der Waals surface area contributed by atoms with Gasteiger partial charge in [0.25, 0.3) is 0 Å². The SMILES string of the molecule is NC=C(C=NCc1cccc(OCCC2CCc3ccccc32)c1)Cc1cc(N)nc2n[nH]nc12. The van der Waals surface area contributed by atoms with Crippen LogP contribution in [0.3, 0.4) is 0 Å². The molecule has 2 heterocycles. The number of aromatic nitrogens is 4. The van der Waals surface area contributed by atoms with E-state index >= 15 is 0 Å². The number of nitrogens with two attached hydrogens (primary N) is 2. The molecule has 0 spiro atoms. The average molecular weight is 468 g/mol. The van der Waals surface area contributed by atoms with Crippen molar-refractivity contribution in [2.45, 2.75) is 38.1 Å². The summed E-state index contributed by atoms with van der Waals surface area (Å²) in [5.41, 5.74) is 18.7. The summed E-state index contributed by atoms with van der Waals surface area (Å²) in [5.74, 6) is 1.86. The van der Waals surface area contributed by atoms with E-state index in [0.29, 0.717) is 42.5 Å². The molecule has 0 amide bonds. The van der Waals surface area contributed by atoms with Crippen molar-refractivity contribution in [2.75, 3.05) is 12.3 Å². The second-order valence-electron chi connectivity index (χ2n) is 8.81. The highest BCUT2D eigenvalue weighted by Crippen LogP contribution is 2.35. The Balaban J connectivity index is 1.15. The van der Waals surface area contributed by atoms with Gasteiger partial charge in [-0.2, -0.15) is 10.3 Å². The number of nitrogens with one attached hydrogen (secondary N) is 1. The lowest BCUT2D eigenvalue weighted by Crippen LogP contribution is -2.03. The van der Waals surface area contributed by atoms with Gasteiger partial charge in [-0.1, -0.05) is 36.4 Å². The molecule has 0 aliphatic heterocycles. The van der Waals surface area contributed by atoms with Crippen molar-refractivity contribution in [3.63, 3.8) is 0 Å². The molecular weight excluding hydrogens is 438 g/mol. The Hall–Kier alpha value is -4.20. The quantitative estimate of drug-likeness (QED) is 0.318. The molecule has 1 unspecified atom stereocenters. The number of hydrogen-bond acceptors (Lipinski definition) is 7. The topological polar surface area (TPSA) is 128 Å². The molecule has 35 heavy (non-hydrogen) atoms. The van der Waals surface area contributed by atoms with E-state index in [0.717, 1.165) is 28.9 Å². The van der Waals surface area contributed by atoms with E-state index in [4.69, 9.17) is 16.2 Å². The number of anilines is 1. The van der Waals surface area contributed by atoms with Crippen LogP contribution in [0.4, 0.5) is 5.82 Å². The average Bonchev–Trinajstić information content (AvgIpc) is 3.51. The Morgan fingerprint density at radius 2 is 2.06 bits per heavy atom. The number of nitrogens with zero attached hydrogens (tertiary/aromatic N) is 4. The van der Waals surface area contributed by atoms with Crippen LogP contribution in [-0.4, -0.2) is 33.2 Å². The van der Waals surface area contributed by atoms with Crippen LogP contribution in [0, 0.1) is 0 Å². The molecule has 5 rings (SSSR count). The number of hydrogen-bond donors (Lipinski definition) is 3. The van der Waals surface area contributed by atoms with Gasteiger partial charge in [0, 0.05) is 12.6 Å². The number of aromatic amines is 1. The van der Waals surface area contributed by atoms with Gasteiger partial charge in [0.2, 0.25) is 5.65 Å². The van der Waals surface area contributed by atoms with E-state index in [1.807, 2.05) is 24.3 Å². The number of pyridine rings is 1. The molecule has 0 bridgehead atoms. The first-order chi connectivity index (χ1) is 17.2. The smallest absolute Gasteiger partial charge is 0.203 e. The first-order valence-corrected chi connectivity index (χ1v) is 11.9. The maximum atomic E-state index is 6.08. The number of allylic oxidation sites excluding steroid dienone is 1. The Bertz CT molecular complexity index is 1370. The lowest BCUT2D eigenvalue weighted by molar-refractivity contribution is 0.297. The molecule has 0 saturated carbocycles. The predicted molar refractivity (Wildman–Crippen MR) is 138 cm³/mol. The number of fused-ring (bicyclic) bond motifs is 2. The fourth-order valence-corrected chi connectivity index (χ4v) is 4.69. The van der Waals surface area contributed by atoms with Crippen LogP contribution in [0.2, 0.25) is 0 Å². The van der Waals surface area contributed by atoms with Gasteiger partial charge < -0.3 is 16.2 Å². The van der Waals surface area contributed by atoms with Crippen LogP contribution in [0.25, 0.3) is 11.2 Å². The third-order valence-corrected chi connectivity index (χ3v) is 6.42. The van der Waals surface area contributed by atoms with Gasteiger partial charge in [0.15, 0.2) is 0 Å². The first-order valence-electron chi connectivity index (χ1n) is 11.9. The van der Waals surface area contributed by atoms with E-state index < -0.39 is 0 Å². The zero-order valence-corrected chi connectivity index (χ0v) is 19.5. The lowest BCUT2D eigenvalue weighted by atomic mass is 9.98. The molecule has 1 aliphatic carbocycles. The molecule has 178 valence electrons. The second kappa shape index (κ2) is 10.4. The summed E-state index contributed by atoms with van der Waals surface area (Å²) < 4.78 is 6.08. The Morgan fingerprint density at radius 3 is 2.97 bits per heavy atom. The molecule has 0 fully saturated rings. The van der Waals surface area contributed by atoms with Crippen LogP contribution in [-0.2, 0) is 19.4 Å². The number of aliphatic imine (C=N–C) groups is 1. The van der Waals surface area contributed by atoms with Gasteiger partial charge in [-0.3, -0.25) is 4.99 Å². The van der Waals surface area contributed by atoms with Crippen LogP contribution in [0.5, 0.6) is 5.75 Å². The van der Waals surface area contributed by atoms with Crippen LogP contribution in [0.1, 0.15) is 41.0 Å². The molecule has 5 N–H and O–H groups in total. The van der Waals surface area contributed by atoms with Gasteiger partial charge >= 0.3 is 0 Å². The van der Waals surface area contributed by atoms with Crippen molar-refractivity contribution < 1.29 is 4.74 Å².